The standard InChI is InChI=1S/C18H27BrO2/c1-13(2)17-8-7-14(3)11-18(17)21-10-9-20-16-6-4-5-15(19)12-16/h4-6,12-14,17-18H,7-11H2,1-3H3. The van der Waals surface area contributed by atoms with Crippen LogP contribution >= 0.6 is 15.9 Å². The average Bonchev–Trinajstić information content (AvgIpc) is 2.43. The Morgan fingerprint density at radius 2 is 2.05 bits per heavy atom. The molecule has 0 bridgehead atoms. The summed E-state index contributed by atoms with van der Waals surface area (Å²) in [4.78, 5) is 0. The van der Waals surface area contributed by atoms with E-state index in [4.69, 9.17) is 9.47 Å². The number of halogens is 1. The van der Waals surface area contributed by atoms with Crippen LogP contribution in [0.25, 0.3) is 0 Å². The third kappa shape index (κ3) is 5.30. The van der Waals surface area contributed by atoms with Gasteiger partial charge in [0, 0.05) is 4.47 Å². The van der Waals surface area contributed by atoms with Gasteiger partial charge in [-0.1, -0.05) is 49.2 Å². The van der Waals surface area contributed by atoms with Gasteiger partial charge in [0.25, 0.3) is 0 Å². The molecule has 3 heteroatoms. The summed E-state index contributed by atoms with van der Waals surface area (Å²) in [5, 5.41) is 0. The molecule has 1 aromatic carbocycles. The molecule has 0 amide bonds. The maximum absolute atomic E-state index is 6.14. The molecule has 1 aromatic rings. The molecule has 1 fully saturated rings. The molecule has 3 unspecified atom stereocenters. The van der Waals surface area contributed by atoms with Crippen LogP contribution in [0, 0.1) is 17.8 Å². The molecule has 2 rings (SSSR count). The maximum Gasteiger partial charge on any atom is 0.120 e. The number of hydrogen-bond donors (Lipinski definition) is 0. The van der Waals surface area contributed by atoms with Crippen molar-refractivity contribution in [3.8, 4) is 5.75 Å². The van der Waals surface area contributed by atoms with Gasteiger partial charge in [-0.2, -0.15) is 0 Å². The molecule has 118 valence electrons. The van der Waals surface area contributed by atoms with E-state index in [2.05, 4.69) is 36.7 Å². The van der Waals surface area contributed by atoms with E-state index in [1.165, 1.54) is 19.3 Å². The third-order valence-corrected chi connectivity index (χ3v) is 4.93. The Bertz CT molecular complexity index is 433. The van der Waals surface area contributed by atoms with E-state index in [0.717, 1.165) is 16.1 Å². The largest absolute Gasteiger partial charge is 0.491 e. The highest BCUT2D eigenvalue weighted by Gasteiger charge is 2.31. The lowest BCUT2D eigenvalue weighted by molar-refractivity contribution is -0.0465. The van der Waals surface area contributed by atoms with Crippen LogP contribution in [0.3, 0.4) is 0 Å². The molecule has 3 atom stereocenters. The normalized spacial score (nSPS) is 26.0. The van der Waals surface area contributed by atoms with E-state index >= 15 is 0 Å². The Morgan fingerprint density at radius 3 is 2.76 bits per heavy atom. The molecule has 0 N–H and O–H groups in total. The van der Waals surface area contributed by atoms with Crippen LogP contribution in [0.15, 0.2) is 28.7 Å². The Morgan fingerprint density at radius 1 is 1.24 bits per heavy atom. The quantitative estimate of drug-likeness (QED) is 0.644. The van der Waals surface area contributed by atoms with Gasteiger partial charge in [-0.3, -0.25) is 0 Å². The van der Waals surface area contributed by atoms with Crippen LogP contribution in [-0.4, -0.2) is 19.3 Å². The molecule has 0 saturated heterocycles. The highest BCUT2D eigenvalue weighted by molar-refractivity contribution is 9.10. The highest BCUT2D eigenvalue weighted by Crippen LogP contribution is 2.35. The molecule has 0 aromatic heterocycles. The molecule has 2 nitrogen and oxygen atoms in total. The van der Waals surface area contributed by atoms with Crippen molar-refractivity contribution in [2.24, 2.45) is 17.8 Å². The Balaban J connectivity index is 1.76. The number of rotatable bonds is 6. The van der Waals surface area contributed by atoms with Gasteiger partial charge in [-0.25, -0.2) is 0 Å². The lowest BCUT2D eigenvalue weighted by atomic mass is 9.75. The second-order valence-electron chi connectivity index (χ2n) is 6.54. The predicted molar refractivity (Wildman–Crippen MR) is 90.7 cm³/mol. The third-order valence-electron chi connectivity index (χ3n) is 4.44. The van der Waals surface area contributed by atoms with Crippen LogP contribution in [0.4, 0.5) is 0 Å². The fourth-order valence-corrected chi connectivity index (χ4v) is 3.60. The zero-order chi connectivity index (χ0) is 15.2. The molecule has 21 heavy (non-hydrogen) atoms. The number of benzene rings is 1. The SMILES string of the molecule is CC1CCC(C(C)C)C(OCCOc2cccc(Br)c2)C1. The zero-order valence-electron chi connectivity index (χ0n) is 13.3. The maximum atomic E-state index is 6.14. The zero-order valence-corrected chi connectivity index (χ0v) is 14.9. The first-order valence-electron chi connectivity index (χ1n) is 8.06. The second-order valence-corrected chi connectivity index (χ2v) is 7.46. The van der Waals surface area contributed by atoms with Gasteiger partial charge in [0.1, 0.15) is 12.4 Å². The number of ether oxygens (including phenoxy) is 2. The van der Waals surface area contributed by atoms with Gasteiger partial charge in [0.15, 0.2) is 0 Å². The minimum Gasteiger partial charge on any atom is -0.491 e. The van der Waals surface area contributed by atoms with Crippen molar-refractivity contribution in [2.75, 3.05) is 13.2 Å². The van der Waals surface area contributed by atoms with Gasteiger partial charge >= 0.3 is 0 Å². The first-order valence-corrected chi connectivity index (χ1v) is 8.85. The highest BCUT2D eigenvalue weighted by atomic mass is 79.9. The van der Waals surface area contributed by atoms with Crippen LogP contribution < -0.4 is 4.74 Å². The molecule has 0 spiro atoms. The first kappa shape index (κ1) is 16.8. The van der Waals surface area contributed by atoms with E-state index < -0.39 is 0 Å². The average molecular weight is 355 g/mol. The Kier molecular flexibility index (Phi) is 6.56. The van der Waals surface area contributed by atoms with Crippen molar-refractivity contribution in [2.45, 2.75) is 46.1 Å². The molecule has 1 saturated carbocycles. The summed E-state index contributed by atoms with van der Waals surface area (Å²) >= 11 is 3.45. The summed E-state index contributed by atoms with van der Waals surface area (Å²) in [6.45, 7) is 8.26. The summed E-state index contributed by atoms with van der Waals surface area (Å²) in [5.74, 6) is 3.09. The van der Waals surface area contributed by atoms with Gasteiger partial charge in [-0.15, -0.1) is 0 Å². The van der Waals surface area contributed by atoms with Crippen LogP contribution in [0.1, 0.15) is 40.0 Å². The smallest absolute Gasteiger partial charge is 0.120 e. The Labute approximate surface area is 137 Å². The van der Waals surface area contributed by atoms with Crippen molar-refractivity contribution < 1.29 is 9.47 Å². The topological polar surface area (TPSA) is 18.5 Å². The first-order chi connectivity index (χ1) is 10.1. The number of hydrogen-bond acceptors (Lipinski definition) is 2. The fourth-order valence-electron chi connectivity index (χ4n) is 3.22. The molecule has 0 heterocycles. The summed E-state index contributed by atoms with van der Waals surface area (Å²) in [6.07, 6.45) is 4.24. The molecular weight excluding hydrogens is 328 g/mol. The van der Waals surface area contributed by atoms with E-state index in [-0.39, 0.29) is 0 Å². The lowest BCUT2D eigenvalue weighted by Crippen LogP contribution is -2.35. The van der Waals surface area contributed by atoms with Gasteiger partial charge in [0.05, 0.1) is 12.7 Å². The predicted octanol–water partition coefficient (Wildman–Crippen LogP) is 5.31. The van der Waals surface area contributed by atoms with Crippen LogP contribution in [-0.2, 0) is 4.74 Å². The molecule has 0 aliphatic heterocycles. The van der Waals surface area contributed by atoms with Crippen LogP contribution in [0.2, 0.25) is 0 Å². The van der Waals surface area contributed by atoms with Gasteiger partial charge < -0.3 is 9.47 Å². The molecule has 1 aliphatic carbocycles. The molecule has 0 radical (unpaired) electrons. The van der Waals surface area contributed by atoms with E-state index in [1.807, 2.05) is 24.3 Å². The van der Waals surface area contributed by atoms with Crippen molar-refractivity contribution in [1.29, 1.82) is 0 Å². The van der Waals surface area contributed by atoms with Crippen molar-refractivity contribution in [3.63, 3.8) is 0 Å². The van der Waals surface area contributed by atoms with Crippen molar-refractivity contribution in [3.05, 3.63) is 28.7 Å². The van der Waals surface area contributed by atoms with Crippen molar-refractivity contribution >= 4 is 15.9 Å². The second kappa shape index (κ2) is 8.19. The monoisotopic (exact) mass is 354 g/mol. The minimum absolute atomic E-state index is 0.403. The van der Waals surface area contributed by atoms with Crippen LogP contribution in [0.5, 0.6) is 5.75 Å². The van der Waals surface area contributed by atoms with E-state index in [9.17, 15) is 0 Å². The van der Waals surface area contributed by atoms with Gasteiger partial charge in [-0.05, 0) is 48.8 Å². The van der Waals surface area contributed by atoms with Crippen molar-refractivity contribution in [1.82, 2.24) is 0 Å². The lowest BCUT2D eigenvalue weighted by Gasteiger charge is -2.37. The summed E-state index contributed by atoms with van der Waals surface area (Å²) < 4.78 is 12.9. The minimum atomic E-state index is 0.403. The van der Waals surface area contributed by atoms with E-state index in [0.29, 0.717) is 31.2 Å². The summed E-state index contributed by atoms with van der Waals surface area (Å²) in [5.41, 5.74) is 0. The van der Waals surface area contributed by atoms with E-state index in [1.54, 1.807) is 0 Å². The fraction of sp³-hybridized carbons (Fsp3) is 0.667. The summed E-state index contributed by atoms with van der Waals surface area (Å²) in [6, 6.07) is 7.95. The molecular formula is C18H27BrO2. The molecule has 1 aliphatic rings. The summed E-state index contributed by atoms with van der Waals surface area (Å²) in [7, 11) is 0. The Hall–Kier alpha value is -0.540. The van der Waals surface area contributed by atoms with Gasteiger partial charge in [0.2, 0.25) is 0 Å².